The summed E-state index contributed by atoms with van der Waals surface area (Å²) in [5.41, 5.74) is 2.11. The molecular formula is C18H23N5O. The van der Waals surface area contributed by atoms with Gasteiger partial charge in [0.25, 0.3) is 0 Å². The first-order chi connectivity index (χ1) is 11.6. The number of β-amino-alcohol motifs (C(OH)–C–C–N with tert-alkyl or cyclic N) is 1. The minimum atomic E-state index is -0.402. The normalized spacial score (nSPS) is 21.2. The summed E-state index contributed by atoms with van der Waals surface area (Å²) < 4.78 is 4.30. The fourth-order valence-corrected chi connectivity index (χ4v) is 3.48. The Labute approximate surface area is 141 Å². The molecule has 6 nitrogen and oxygen atoms in total. The third-order valence-corrected chi connectivity index (χ3v) is 4.58. The smallest absolute Gasteiger partial charge is 0.177 e. The molecule has 3 aromatic rings. The fraction of sp³-hybridized carbons (Fsp3) is 0.444. The first-order valence-electron chi connectivity index (χ1n) is 8.52. The molecule has 1 fully saturated rings. The minimum Gasteiger partial charge on any atom is -0.390 e. The predicted octanol–water partition coefficient (Wildman–Crippen LogP) is 2.06. The second-order valence-corrected chi connectivity index (χ2v) is 6.88. The number of aromatic nitrogens is 4. The average molecular weight is 325 g/mol. The molecule has 0 spiro atoms. The van der Waals surface area contributed by atoms with Crippen molar-refractivity contribution < 1.29 is 5.11 Å². The van der Waals surface area contributed by atoms with Gasteiger partial charge in [0.15, 0.2) is 11.6 Å². The van der Waals surface area contributed by atoms with E-state index in [0.29, 0.717) is 12.5 Å². The van der Waals surface area contributed by atoms with Crippen molar-refractivity contribution in [2.24, 2.45) is 5.92 Å². The summed E-state index contributed by atoms with van der Waals surface area (Å²) in [7, 11) is 0. The molecule has 0 unspecified atom stereocenters. The van der Waals surface area contributed by atoms with Crippen molar-refractivity contribution in [3.63, 3.8) is 0 Å². The van der Waals surface area contributed by atoms with Gasteiger partial charge in [0.05, 0.1) is 23.2 Å². The molecule has 0 saturated carbocycles. The van der Waals surface area contributed by atoms with Gasteiger partial charge >= 0.3 is 0 Å². The SMILES string of the molecule is CC(C)Cn1c(-c2nccn2[C@@H]2CNC[C@@H]2O)nc2ccccc21. The number of hydrogen-bond acceptors (Lipinski definition) is 4. The Kier molecular flexibility index (Phi) is 3.86. The average Bonchev–Trinajstić information content (AvgIpc) is 3.25. The van der Waals surface area contributed by atoms with Crippen LogP contribution in [0.1, 0.15) is 19.9 Å². The van der Waals surface area contributed by atoms with Crippen LogP contribution in [-0.2, 0) is 6.54 Å². The number of nitrogens with one attached hydrogen (secondary N) is 1. The fourth-order valence-electron chi connectivity index (χ4n) is 3.48. The lowest BCUT2D eigenvalue weighted by atomic mass is 10.2. The van der Waals surface area contributed by atoms with Crippen molar-refractivity contribution in [3.8, 4) is 11.6 Å². The molecule has 126 valence electrons. The lowest BCUT2D eigenvalue weighted by Crippen LogP contribution is -2.23. The number of para-hydroxylation sites is 2. The highest BCUT2D eigenvalue weighted by atomic mass is 16.3. The Bertz CT molecular complexity index is 850. The topological polar surface area (TPSA) is 67.9 Å². The summed E-state index contributed by atoms with van der Waals surface area (Å²) in [5, 5.41) is 13.5. The third-order valence-electron chi connectivity index (χ3n) is 4.58. The predicted molar refractivity (Wildman–Crippen MR) is 93.7 cm³/mol. The number of imidazole rings is 2. The molecule has 0 radical (unpaired) electrons. The lowest BCUT2D eigenvalue weighted by Gasteiger charge is -2.19. The number of aliphatic hydroxyl groups is 1. The lowest BCUT2D eigenvalue weighted by molar-refractivity contribution is 0.151. The van der Waals surface area contributed by atoms with Crippen LogP contribution in [0.5, 0.6) is 0 Å². The van der Waals surface area contributed by atoms with Gasteiger partial charge in [0.2, 0.25) is 0 Å². The van der Waals surface area contributed by atoms with Crippen molar-refractivity contribution in [2.75, 3.05) is 13.1 Å². The van der Waals surface area contributed by atoms with E-state index in [9.17, 15) is 5.11 Å². The number of hydrogen-bond donors (Lipinski definition) is 2. The van der Waals surface area contributed by atoms with Crippen molar-refractivity contribution in [3.05, 3.63) is 36.7 Å². The molecule has 2 aromatic heterocycles. The van der Waals surface area contributed by atoms with Crippen molar-refractivity contribution in [2.45, 2.75) is 32.5 Å². The van der Waals surface area contributed by atoms with Gasteiger partial charge in [-0.15, -0.1) is 0 Å². The molecule has 1 aliphatic rings. The molecule has 2 atom stereocenters. The van der Waals surface area contributed by atoms with Crippen LogP contribution in [0, 0.1) is 5.92 Å². The largest absolute Gasteiger partial charge is 0.390 e. The number of aliphatic hydroxyl groups excluding tert-OH is 1. The first-order valence-corrected chi connectivity index (χ1v) is 8.52. The first kappa shape index (κ1) is 15.4. The van der Waals surface area contributed by atoms with E-state index in [-0.39, 0.29) is 6.04 Å². The summed E-state index contributed by atoms with van der Waals surface area (Å²) in [6, 6.07) is 8.19. The highest BCUT2D eigenvalue weighted by molar-refractivity contribution is 5.79. The number of nitrogens with zero attached hydrogens (tertiary/aromatic N) is 4. The molecule has 6 heteroatoms. The third kappa shape index (κ3) is 2.52. The van der Waals surface area contributed by atoms with Crippen LogP contribution in [0.3, 0.4) is 0 Å². The molecule has 4 rings (SSSR count). The van der Waals surface area contributed by atoms with E-state index in [1.807, 2.05) is 24.4 Å². The molecule has 0 aliphatic carbocycles. The second kappa shape index (κ2) is 6.03. The molecule has 2 N–H and O–H groups in total. The minimum absolute atomic E-state index is 0.00480. The summed E-state index contributed by atoms with van der Waals surface area (Å²) in [5.74, 6) is 2.19. The van der Waals surface area contributed by atoms with Crippen molar-refractivity contribution in [1.82, 2.24) is 24.4 Å². The van der Waals surface area contributed by atoms with E-state index in [4.69, 9.17) is 4.98 Å². The summed E-state index contributed by atoms with van der Waals surface area (Å²) in [4.78, 5) is 9.41. The van der Waals surface area contributed by atoms with Gasteiger partial charge in [-0.25, -0.2) is 9.97 Å². The Balaban J connectivity index is 1.86. The highest BCUT2D eigenvalue weighted by Crippen LogP contribution is 2.28. The molecular weight excluding hydrogens is 302 g/mol. The summed E-state index contributed by atoms with van der Waals surface area (Å²) >= 11 is 0. The zero-order valence-corrected chi connectivity index (χ0v) is 14.1. The zero-order chi connectivity index (χ0) is 16.7. The number of rotatable bonds is 4. The van der Waals surface area contributed by atoms with Crippen molar-refractivity contribution in [1.29, 1.82) is 0 Å². The maximum absolute atomic E-state index is 10.2. The van der Waals surface area contributed by atoms with Crippen LogP contribution < -0.4 is 5.32 Å². The Morgan fingerprint density at radius 1 is 1.25 bits per heavy atom. The number of fused-ring (bicyclic) bond motifs is 1. The zero-order valence-electron chi connectivity index (χ0n) is 14.1. The molecule has 1 aliphatic heterocycles. The molecule has 3 heterocycles. The second-order valence-electron chi connectivity index (χ2n) is 6.88. The van der Waals surface area contributed by atoms with Crippen LogP contribution in [-0.4, -0.2) is 43.4 Å². The molecule has 0 amide bonds. The number of benzene rings is 1. The van der Waals surface area contributed by atoms with Crippen LogP contribution >= 0.6 is 0 Å². The summed E-state index contributed by atoms with van der Waals surface area (Å²) in [6.45, 7) is 6.65. The van der Waals surface area contributed by atoms with Crippen LogP contribution in [0.25, 0.3) is 22.7 Å². The van der Waals surface area contributed by atoms with E-state index < -0.39 is 6.10 Å². The monoisotopic (exact) mass is 325 g/mol. The summed E-state index contributed by atoms with van der Waals surface area (Å²) in [6.07, 6.45) is 3.33. The highest BCUT2D eigenvalue weighted by Gasteiger charge is 2.29. The Morgan fingerprint density at radius 3 is 2.83 bits per heavy atom. The van der Waals surface area contributed by atoms with Crippen molar-refractivity contribution >= 4 is 11.0 Å². The van der Waals surface area contributed by atoms with Gasteiger partial charge < -0.3 is 19.6 Å². The maximum Gasteiger partial charge on any atom is 0.177 e. The standard InChI is InChI=1S/C18H23N5O/c1-12(2)11-23-14-6-4-3-5-13(14)21-18(23)17-20-7-8-22(17)15-9-19-10-16(15)24/h3-8,12,15-16,19,24H,9-11H2,1-2H3/t15-,16+/m1/s1. The van der Waals surface area contributed by atoms with Gasteiger partial charge in [0.1, 0.15) is 0 Å². The van der Waals surface area contributed by atoms with Crippen LogP contribution in [0.15, 0.2) is 36.7 Å². The van der Waals surface area contributed by atoms with E-state index in [1.54, 1.807) is 6.20 Å². The Morgan fingerprint density at radius 2 is 2.08 bits per heavy atom. The van der Waals surface area contributed by atoms with Crippen LogP contribution in [0.2, 0.25) is 0 Å². The Hall–Kier alpha value is -2.18. The maximum atomic E-state index is 10.2. The molecule has 24 heavy (non-hydrogen) atoms. The molecule has 1 saturated heterocycles. The van der Waals surface area contributed by atoms with Crippen LogP contribution in [0.4, 0.5) is 0 Å². The quantitative estimate of drug-likeness (QED) is 0.770. The molecule has 1 aromatic carbocycles. The van der Waals surface area contributed by atoms with Gasteiger partial charge in [-0.2, -0.15) is 0 Å². The van der Waals surface area contributed by atoms with Gasteiger partial charge in [-0.05, 0) is 18.1 Å². The van der Waals surface area contributed by atoms with E-state index in [0.717, 1.165) is 35.8 Å². The van der Waals surface area contributed by atoms with E-state index in [1.165, 1.54) is 0 Å². The van der Waals surface area contributed by atoms with E-state index >= 15 is 0 Å². The molecule has 0 bridgehead atoms. The van der Waals surface area contributed by atoms with E-state index in [2.05, 4.69) is 39.3 Å². The van der Waals surface area contributed by atoms with Gasteiger partial charge in [-0.3, -0.25) is 0 Å². The van der Waals surface area contributed by atoms with Gasteiger partial charge in [-0.1, -0.05) is 26.0 Å². The van der Waals surface area contributed by atoms with Gasteiger partial charge in [0, 0.05) is 32.0 Å².